The summed E-state index contributed by atoms with van der Waals surface area (Å²) in [5.74, 6) is 6.02. The number of thiazole rings is 1. The number of hydrogen-bond donors (Lipinski definition) is 0. The van der Waals surface area contributed by atoms with E-state index in [4.69, 9.17) is 5.10 Å². The van der Waals surface area contributed by atoms with Crippen molar-refractivity contribution in [1.29, 1.82) is 0 Å². The fraction of sp³-hybridized carbons (Fsp3) is 0.483. The molecule has 37 heavy (non-hydrogen) atoms. The minimum atomic E-state index is -0.00419. The number of nitrogens with zero attached hydrogens (tertiary/aromatic N) is 6. The van der Waals surface area contributed by atoms with Gasteiger partial charge in [-0.1, -0.05) is 25.8 Å². The minimum Gasteiger partial charge on any atom is -0.364 e. The second-order valence-corrected chi connectivity index (χ2v) is 11.3. The summed E-state index contributed by atoms with van der Waals surface area (Å²) >= 11 is 1.76. The zero-order chi connectivity index (χ0) is 26.3. The van der Waals surface area contributed by atoms with Gasteiger partial charge in [0.05, 0.1) is 32.6 Å². The number of pyridine rings is 1. The number of rotatable bonds is 6. The molecule has 0 amide bonds. The first kappa shape index (κ1) is 25.5. The van der Waals surface area contributed by atoms with Gasteiger partial charge >= 0.3 is 0 Å². The lowest BCUT2D eigenvalue weighted by Gasteiger charge is -2.49. The molecular formula is C29H36N6OS. The Bertz CT molecular complexity index is 1550. The van der Waals surface area contributed by atoms with Crippen LogP contribution in [0, 0.1) is 18.8 Å². The predicted molar refractivity (Wildman–Crippen MR) is 153 cm³/mol. The highest BCUT2D eigenvalue weighted by Gasteiger charge is 2.36. The molecule has 0 N–H and O–H groups in total. The van der Waals surface area contributed by atoms with Gasteiger partial charge < -0.3 is 9.47 Å². The molecule has 1 aliphatic heterocycles. The first-order valence-electron chi connectivity index (χ1n) is 13.2. The molecule has 0 bridgehead atoms. The number of fused-ring (bicyclic) bond motifs is 2. The molecule has 1 aromatic carbocycles. The Morgan fingerprint density at radius 1 is 1.16 bits per heavy atom. The Labute approximate surface area is 222 Å². The number of aryl methyl sites for hydroxylation is 2. The second kappa shape index (κ2) is 10.3. The van der Waals surface area contributed by atoms with Gasteiger partial charge in [0.25, 0.3) is 5.56 Å². The van der Waals surface area contributed by atoms with Crippen molar-refractivity contribution >= 4 is 38.3 Å². The average molecular weight is 517 g/mol. The fourth-order valence-electron chi connectivity index (χ4n) is 5.66. The van der Waals surface area contributed by atoms with Crippen molar-refractivity contribution in [2.75, 3.05) is 18.0 Å². The van der Waals surface area contributed by atoms with E-state index in [2.05, 4.69) is 72.5 Å². The molecule has 194 valence electrons. The highest BCUT2D eigenvalue weighted by atomic mass is 32.1. The maximum atomic E-state index is 13.0. The summed E-state index contributed by atoms with van der Waals surface area (Å²) in [6.45, 7) is 13.1. The van der Waals surface area contributed by atoms with Crippen molar-refractivity contribution in [2.24, 2.45) is 7.05 Å². The maximum Gasteiger partial charge on any atom is 0.252 e. The smallest absolute Gasteiger partial charge is 0.252 e. The topological polar surface area (TPSA) is 59.2 Å². The van der Waals surface area contributed by atoms with Crippen LogP contribution in [0.4, 0.5) is 5.69 Å². The fourth-order valence-corrected chi connectivity index (χ4v) is 6.54. The van der Waals surface area contributed by atoms with E-state index in [9.17, 15) is 4.79 Å². The van der Waals surface area contributed by atoms with Crippen molar-refractivity contribution in [3.8, 4) is 11.8 Å². The second-order valence-electron chi connectivity index (χ2n) is 10.0. The van der Waals surface area contributed by atoms with Gasteiger partial charge in [-0.05, 0) is 51.3 Å². The van der Waals surface area contributed by atoms with E-state index in [0.717, 1.165) is 53.2 Å². The third kappa shape index (κ3) is 4.67. The van der Waals surface area contributed by atoms with Crippen LogP contribution in [-0.4, -0.2) is 49.4 Å². The molecular weight excluding hydrogens is 480 g/mol. The number of anilines is 1. The molecule has 0 unspecified atom stereocenters. The third-order valence-corrected chi connectivity index (χ3v) is 8.78. The molecule has 4 heterocycles. The summed E-state index contributed by atoms with van der Waals surface area (Å²) in [5.41, 5.74) is 5.09. The first-order valence-corrected chi connectivity index (χ1v) is 14.0. The molecule has 1 saturated heterocycles. The van der Waals surface area contributed by atoms with Crippen LogP contribution >= 0.6 is 11.3 Å². The van der Waals surface area contributed by atoms with Crippen molar-refractivity contribution in [1.82, 2.24) is 24.2 Å². The summed E-state index contributed by atoms with van der Waals surface area (Å²) in [7, 11) is 1.82. The highest BCUT2D eigenvalue weighted by Crippen LogP contribution is 2.35. The van der Waals surface area contributed by atoms with Gasteiger partial charge in [0.1, 0.15) is 12.1 Å². The van der Waals surface area contributed by atoms with Gasteiger partial charge in [0.2, 0.25) is 0 Å². The zero-order valence-electron chi connectivity index (χ0n) is 22.7. The summed E-state index contributed by atoms with van der Waals surface area (Å²) in [6.07, 6.45) is 3.97. The van der Waals surface area contributed by atoms with E-state index in [1.807, 2.05) is 24.9 Å². The van der Waals surface area contributed by atoms with Gasteiger partial charge in [-0.15, -0.1) is 17.3 Å². The molecule has 4 aromatic rings. The van der Waals surface area contributed by atoms with Crippen LogP contribution in [0.1, 0.15) is 57.1 Å². The molecule has 8 heteroatoms. The molecule has 0 aliphatic carbocycles. The Balaban J connectivity index is 1.50. The molecule has 5 rings (SSSR count). The van der Waals surface area contributed by atoms with Gasteiger partial charge in [-0.25, -0.2) is 4.98 Å². The number of aromatic nitrogens is 4. The number of piperazine rings is 1. The monoisotopic (exact) mass is 516 g/mol. The molecule has 1 fully saturated rings. The largest absolute Gasteiger partial charge is 0.364 e. The predicted octanol–water partition coefficient (Wildman–Crippen LogP) is 5.12. The van der Waals surface area contributed by atoms with Crippen LogP contribution < -0.4 is 10.5 Å². The lowest BCUT2D eigenvalue weighted by Crippen LogP contribution is -2.58. The number of benzene rings is 1. The van der Waals surface area contributed by atoms with Crippen LogP contribution in [0.2, 0.25) is 0 Å². The summed E-state index contributed by atoms with van der Waals surface area (Å²) in [5, 5.41) is 5.98. The minimum absolute atomic E-state index is 0.00419. The number of hydrogen-bond acceptors (Lipinski definition) is 6. The molecule has 7 nitrogen and oxygen atoms in total. The van der Waals surface area contributed by atoms with E-state index in [1.54, 1.807) is 22.0 Å². The quantitative estimate of drug-likeness (QED) is 0.333. The third-order valence-electron chi connectivity index (χ3n) is 7.84. The van der Waals surface area contributed by atoms with E-state index in [0.29, 0.717) is 18.6 Å². The van der Waals surface area contributed by atoms with E-state index in [1.165, 1.54) is 10.3 Å². The van der Waals surface area contributed by atoms with Gasteiger partial charge in [0, 0.05) is 44.3 Å². The molecule has 3 aromatic heterocycles. The van der Waals surface area contributed by atoms with Crippen molar-refractivity contribution in [3.63, 3.8) is 0 Å². The lowest BCUT2D eigenvalue weighted by molar-refractivity contribution is 0.101. The van der Waals surface area contributed by atoms with Crippen LogP contribution in [0.25, 0.3) is 21.3 Å². The van der Waals surface area contributed by atoms with Crippen LogP contribution in [0.15, 0.2) is 35.3 Å². The lowest BCUT2D eigenvalue weighted by atomic mass is 9.96. The van der Waals surface area contributed by atoms with Gasteiger partial charge in [0.15, 0.2) is 0 Å². The standard InChI is InChI=1S/C29H36N6OS/c1-7-10-13-33-18-26-29(31-33)25(15-28(36)32(26)6)35-17-22(8-2)34(16-23(35)9-3)19(4)21-11-12-24-27(14-21)37-20(5)30-24/h11-12,14-15,18-19,22-23H,8-9,13,16-17H2,1-6H3/t19-,22+,23-/m0/s1. The zero-order valence-corrected chi connectivity index (χ0v) is 23.5. The average Bonchev–Trinajstić information content (AvgIpc) is 3.50. The molecule has 1 aliphatic rings. The van der Waals surface area contributed by atoms with E-state index >= 15 is 0 Å². The van der Waals surface area contributed by atoms with Gasteiger partial charge in [-0.2, -0.15) is 5.10 Å². The van der Waals surface area contributed by atoms with Crippen LogP contribution in [0.5, 0.6) is 0 Å². The Kier molecular flexibility index (Phi) is 7.11. The van der Waals surface area contributed by atoms with Crippen LogP contribution in [0.3, 0.4) is 0 Å². The summed E-state index contributed by atoms with van der Waals surface area (Å²) in [6, 6.07) is 9.45. The van der Waals surface area contributed by atoms with Crippen molar-refractivity contribution < 1.29 is 0 Å². The first-order chi connectivity index (χ1) is 17.8. The normalized spacial score (nSPS) is 19.4. The molecule has 3 atom stereocenters. The Hall–Kier alpha value is -3.15. The van der Waals surface area contributed by atoms with Crippen molar-refractivity contribution in [3.05, 3.63) is 51.4 Å². The summed E-state index contributed by atoms with van der Waals surface area (Å²) < 4.78 is 4.79. The Morgan fingerprint density at radius 2 is 1.95 bits per heavy atom. The maximum absolute atomic E-state index is 13.0. The molecule has 0 saturated carbocycles. The molecule has 0 spiro atoms. The van der Waals surface area contributed by atoms with Gasteiger partial charge in [-0.3, -0.25) is 14.4 Å². The Morgan fingerprint density at radius 3 is 2.68 bits per heavy atom. The highest BCUT2D eigenvalue weighted by molar-refractivity contribution is 7.18. The molecule has 0 radical (unpaired) electrons. The summed E-state index contributed by atoms with van der Waals surface area (Å²) in [4.78, 5) is 22.7. The van der Waals surface area contributed by atoms with E-state index < -0.39 is 0 Å². The SMILES string of the molecule is CC#CCn1cc2c(n1)c(N1C[C@@H](CC)N([C@@H](C)c3ccc4nc(C)sc4c3)C[C@@H]1CC)cc(=O)n2C. The van der Waals surface area contributed by atoms with E-state index in [-0.39, 0.29) is 11.6 Å². The van der Waals surface area contributed by atoms with Crippen LogP contribution in [-0.2, 0) is 13.6 Å². The van der Waals surface area contributed by atoms with Crippen molar-refractivity contribution in [2.45, 2.75) is 72.1 Å².